The minimum atomic E-state index is -0.232. The molecule has 1 fully saturated rings. The molecule has 3 aromatic rings. The molecule has 1 aliphatic heterocycles. The summed E-state index contributed by atoms with van der Waals surface area (Å²) in [7, 11) is 0. The molecular formula is C26H28N6O4. The van der Waals surface area contributed by atoms with E-state index < -0.39 is 0 Å². The van der Waals surface area contributed by atoms with Crippen LogP contribution in [-0.4, -0.2) is 49.0 Å². The summed E-state index contributed by atoms with van der Waals surface area (Å²) in [5.74, 6) is 0.633. The number of hydrogen-bond acceptors (Lipinski definition) is 8. The molecule has 3 N–H and O–H groups in total. The number of nitrogens with one attached hydrogen (secondary N) is 1. The Bertz CT molecular complexity index is 1290. The number of amides is 2. The van der Waals surface area contributed by atoms with Crippen molar-refractivity contribution >= 4 is 34.7 Å². The van der Waals surface area contributed by atoms with E-state index >= 15 is 0 Å². The number of carbonyl (C=O) groups excluding carboxylic acids is 3. The number of H-pyrrole nitrogens is 1. The normalized spacial score (nSPS) is 19.8. The highest BCUT2D eigenvalue weighted by atomic mass is 16.5. The first-order valence-corrected chi connectivity index (χ1v) is 12.2. The van der Waals surface area contributed by atoms with Gasteiger partial charge in [0, 0.05) is 31.0 Å². The number of hydrogen-bond donors (Lipinski definition) is 2. The number of carbonyl (C=O) groups is 3. The third-order valence-electron chi connectivity index (χ3n) is 6.97. The number of fused-ring (bicyclic) bond motifs is 1. The van der Waals surface area contributed by atoms with E-state index in [-0.39, 0.29) is 29.6 Å². The van der Waals surface area contributed by atoms with Crippen LogP contribution in [0.2, 0.25) is 0 Å². The number of nitrogens with two attached hydrogens (primary N) is 1. The highest BCUT2D eigenvalue weighted by Crippen LogP contribution is 2.31. The fourth-order valence-electron chi connectivity index (χ4n) is 4.89. The summed E-state index contributed by atoms with van der Waals surface area (Å²) in [5.41, 5.74) is 8.85. The number of aromatic nitrogens is 4. The number of ketones is 1. The highest BCUT2D eigenvalue weighted by Gasteiger charge is 2.31. The minimum absolute atomic E-state index is 0.0663. The van der Waals surface area contributed by atoms with Crippen LogP contribution in [0.4, 0.5) is 5.95 Å². The van der Waals surface area contributed by atoms with E-state index in [9.17, 15) is 14.4 Å². The fraction of sp³-hybridized carbons (Fsp3) is 0.385. The molecule has 186 valence electrons. The number of ether oxygens (including phenoxy) is 1. The first-order valence-electron chi connectivity index (χ1n) is 12.2. The van der Waals surface area contributed by atoms with Gasteiger partial charge in [0.05, 0.1) is 6.33 Å². The van der Waals surface area contributed by atoms with Crippen molar-refractivity contribution in [2.75, 3.05) is 12.3 Å². The zero-order valence-corrected chi connectivity index (χ0v) is 19.9. The van der Waals surface area contributed by atoms with Gasteiger partial charge in [-0.15, -0.1) is 0 Å². The van der Waals surface area contributed by atoms with Gasteiger partial charge in [-0.05, 0) is 49.1 Å². The number of nitrogen functional groups attached to an aromatic ring is 1. The van der Waals surface area contributed by atoms with Crippen molar-refractivity contribution in [3.8, 4) is 5.88 Å². The number of nitrogens with zero attached hydrogens (tertiary/aromatic N) is 4. The molecule has 0 unspecified atom stereocenters. The van der Waals surface area contributed by atoms with E-state index in [2.05, 4.69) is 19.9 Å². The lowest BCUT2D eigenvalue weighted by Crippen LogP contribution is -2.36. The zero-order chi connectivity index (χ0) is 25.1. The van der Waals surface area contributed by atoms with Crippen LogP contribution in [0.5, 0.6) is 5.88 Å². The molecule has 5 rings (SSSR count). The first-order chi connectivity index (χ1) is 17.5. The Hall–Kier alpha value is -4.08. The van der Waals surface area contributed by atoms with Crippen LogP contribution in [-0.2, 0) is 27.4 Å². The number of imidazole rings is 1. The summed E-state index contributed by atoms with van der Waals surface area (Å²) in [6, 6.07) is 7.99. The number of imide groups is 1. The molecule has 0 bridgehead atoms. The monoisotopic (exact) mass is 488 g/mol. The number of anilines is 1. The quantitative estimate of drug-likeness (QED) is 0.438. The largest absolute Gasteiger partial charge is 0.471 e. The molecule has 0 radical (unpaired) electrons. The zero-order valence-electron chi connectivity index (χ0n) is 19.9. The molecule has 10 nitrogen and oxygen atoms in total. The van der Waals surface area contributed by atoms with Crippen molar-refractivity contribution in [1.29, 1.82) is 0 Å². The summed E-state index contributed by atoms with van der Waals surface area (Å²) >= 11 is 0. The Morgan fingerprint density at radius 2 is 1.72 bits per heavy atom. The molecule has 36 heavy (non-hydrogen) atoms. The van der Waals surface area contributed by atoms with Crippen molar-refractivity contribution < 1.29 is 19.1 Å². The van der Waals surface area contributed by atoms with Gasteiger partial charge < -0.3 is 15.5 Å². The maximum atomic E-state index is 12.8. The standard InChI is InChI=1S/C26H28N6O4/c27-26-30-24-23(28-15-29-24)25(31-26)36-14-18-3-1-16(2-4-18)7-10-20(33)19-8-5-17(6-9-19)13-32-21(34)11-12-22(32)35/h1-4,11-12,15,17,19H,5-10,13-14H2,(H3,27,28,29,30,31). The average molecular weight is 489 g/mol. The molecule has 2 aromatic heterocycles. The molecular weight excluding hydrogens is 460 g/mol. The predicted octanol–water partition coefficient (Wildman–Crippen LogP) is 2.75. The van der Waals surface area contributed by atoms with E-state index in [4.69, 9.17) is 10.5 Å². The van der Waals surface area contributed by atoms with E-state index in [0.717, 1.165) is 36.8 Å². The number of benzene rings is 1. The van der Waals surface area contributed by atoms with Gasteiger partial charge >= 0.3 is 0 Å². The third kappa shape index (κ3) is 5.27. The third-order valence-corrected chi connectivity index (χ3v) is 6.97. The molecule has 0 atom stereocenters. The second kappa shape index (κ2) is 10.3. The number of aryl methyl sites for hydroxylation is 1. The maximum Gasteiger partial charge on any atom is 0.253 e. The van der Waals surface area contributed by atoms with E-state index in [1.807, 2.05) is 24.3 Å². The van der Waals surface area contributed by atoms with Gasteiger partial charge in [0.25, 0.3) is 11.8 Å². The Morgan fingerprint density at radius 3 is 2.44 bits per heavy atom. The summed E-state index contributed by atoms with van der Waals surface area (Å²) < 4.78 is 5.82. The Kier molecular flexibility index (Phi) is 6.75. The summed E-state index contributed by atoms with van der Waals surface area (Å²) in [4.78, 5) is 52.9. The van der Waals surface area contributed by atoms with Crippen LogP contribution in [0.25, 0.3) is 11.2 Å². The lowest BCUT2D eigenvalue weighted by molar-refractivity contribution is -0.138. The molecule has 0 saturated heterocycles. The Morgan fingerprint density at radius 1 is 1.03 bits per heavy atom. The maximum absolute atomic E-state index is 12.8. The van der Waals surface area contributed by atoms with Crippen LogP contribution < -0.4 is 10.5 Å². The van der Waals surface area contributed by atoms with Gasteiger partial charge in [-0.2, -0.15) is 9.97 Å². The second-order valence-corrected chi connectivity index (χ2v) is 9.40. The van der Waals surface area contributed by atoms with Crippen LogP contribution in [0.3, 0.4) is 0 Å². The van der Waals surface area contributed by atoms with Crippen molar-refractivity contribution in [2.45, 2.75) is 45.1 Å². The molecule has 2 aliphatic rings. The topological polar surface area (TPSA) is 144 Å². The fourth-order valence-corrected chi connectivity index (χ4v) is 4.89. The van der Waals surface area contributed by atoms with Crippen LogP contribution >= 0.6 is 0 Å². The number of Topliss-reactive ketones (excluding diaryl/α,β-unsaturated/α-hetero) is 1. The lowest BCUT2D eigenvalue weighted by atomic mass is 9.79. The average Bonchev–Trinajstić information content (AvgIpc) is 3.48. The van der Waals surface area contributed by atoms with E-state index in [1.54, 1.807) is 0 Å². The smallest absolute Gasteiger partial charge is 0.253 e. The van der Waals surface area contributed by atoms with Crippen LogP contribution in [0.15, 0.2) is 42.7 Å². The molecule has 3 heterocycles. The Balaban J connectivity index is 1.06. The van der Waals surface area contributed by atoms with Gasteiger partial charge in [0.15, 0.2) is 5.65 Å². The molecule has 1 aliphatic carbocycles. The summed E-state index contributed by atoms with van der Waals surface area (Å²) in [6.45, 7) is 0.775. The van der Waals surface area contributed by atoms with Crippen molar-refractivity contribution in [3.05, 3.63) is 53.9 Å². The minimum Gasteiger partial charge on any atom is -0.471 e. The number of aromatic amines is 1. The molecule has 1 aromatic carbocycles. The molecule has 2 amide bonds. The predicted molar refractivity (Wildman–Crippen MR) is 132 cm³/mol. The van der Waals surface area contributed by atoms with Crippen molar-refractivity contribution in [3.63, 3.8) is 0 Å². The Labute approximate surface area is 208 Å². The SMILES string of the molecule is Nc1nc(OCc2ccc(CCC(=O)C3CCC(CN4C(=O)C=CC4=O)CC3)cc2)c2[nH]cnc2n1. The van der Waals surface area contributed by atoms with Crippen molar-refractivity contribution in [2.24, 2.45) is 11.8 Å². The molecule has 10 heteroatoms. The first kappa shape index (κ1) is 23.7. The number of rotatable bonds is 9. The van der Waals surface area contributed by atoms with Crippen LogP contribution in [0, 0.1) is 11.8 Å². The van der Waals surface area contributed by atoms with Gasteiger partial charge in [-0.1, -0.05) is 24.3 Å². The van der Waals surface area contributed by atoms with Gasteiger partial charge in [-0.3, -0.25) is 19.3 Å². The molecule has 1 saturated carbocycles. The van der Waals surface area contributed by atoms with Crippen LogP contribution in [0.1, 0.15) is 43.2 Å². The van der Waals surface area contributed by atoms with Gasteiger partial charge in [0.2, 0.25) is 11.8 Å². The summed E-state index contributed by atoms with van der Waals surface area (Å²) in [6.07, 6.45) is 8.74. The van der Waals surface area contributed by atoms with Gasteiger partial charge in [0.1, 0.15) is 17.9 Å². The highest BCUT2D eigenvalue weighted by molar-refractivity contribution is 6.12. The van der Waals surface area contributed by atoms with Gasteiger partial charge in [-0.25, -0.2) is 4.98 Å². The lowest BCUT2D eigenvalue weighted by Gasteiger charge is -2.30. The van der Waals surface area contributed by atoms with E-state index in [1.165, 1.54) is 23.4 Å². The van der Waals surface area contributed by atoms with E-state index in [0.29, 0.717) is 48.8 Å². The second-order valence-electron chi connectivity index (χ2n) is 9.40. The molecule has 0 spiro atoms. The van der Waals surface area contributed by atoms with Crippen molar-refractivity contribution in [1.82, 2.24) is 24.8 Å². The summed E-state index contributed by atoms with van der Waals surface area (Å²) in [5, 5.41) is 0.